The molecule has 0 aromatic heterocycles. The van der Waals surface area contributed by atoms with Crippen molar-refractivity contribution in [1.82, 2.24) is 10.4 Å². The molecule has 0 saturated heterocycles. The second kappa shape index (κ2) is 10.3. The Hall–Kier alpha value is -2.90. The van der Waals surface area contributed by atoms with E-state index in [1.54, 1.807) is 23.7 Å². The number of ether oxygens (including phenoxy) is 1. The molecular formula is C20H24N2O5. The largest absolute Gasteiger partial charge is 0.494 e. The highest BCUT2D eigenvalue weighted by molar-refractivity contribution is 5.87. The van der Waals surface area contributed by atoms with Crippen molar-refractivity contribution >= 4 is 11.9 Å². The van der Waals surface area contributed by atoms with Gasteiger partial charge in [-0.1, -0.05) is 31.2 Å². The number of nitrogens with zero attached hydrogens (tertiary/aromatic N) is 1. The number of hydrogen-bond acceptors (Lipinski definition) is 5. The number of aromatic carboxylic acids is 1. The number of nitrogens with one attached hydrogen (secondary N) is 1. The molecule has 0 aliphatic rings. The smallest absolute Gasteiger partial charge is 0.335 e. The van der Waals surface area contributed by atoms with Crippen molar-refractivity contribution in [3.8, 4) is 5.75 Å². The molecule has 1 amide bonds. The van der Waals surface area contributed by atoms with Crippen molar-refractivity contribution in [3.63, 3.8) is 0 Å². The summed E-state index contributed by atoms with van der Waals surface area (Å²) in [6, 6.07) is 14.2. The lowest BCUT2D eigenvalue weighted by molar-refractivity contribution is -0.130. The fourth-order valence-electron chi connectivity index (χ4n) is 2.68. The minimum Gasteiger partial charge on any atom is -0.494 e. The van der Waals surface area contributed by atoms with E-state index < -0.39 is 11.9 Å². The summed E-state index contributed by atoms with van der Waals surface area (Å²) in [5, 5.41) is 18.0. The van der Waals surface area contributed by atoms with Crippen molar-refractivity contribution in [2.75, 3.05) is 13.2 Å². The van der Waals surface area contributed by atoms with Crippen LogP contribution in [0, 0.1) is 0 Å². The zero-order valence-electron chi connectivity index (χ0n) is 15.2. The third-order valence-corrected chi connectivity index (χ3v) is 3.85. The molecule has 0 fully saturated rings. The Morgan fingerprint density at radius 1 is 1.07 bits per heavy atom. The van der Waals surface area contributed by atoms with Crippen LogP contribution in [0.1, 0.15) is 34.8 Å². The van der Waals surface area contributed by atoms with Gasteiger partial charge in [0, 0.05) is 13.1 Å². The first-order valence-corrected chi connectivity index (χ1v) is 8.71. The Labute approximate surface area is 158 Å². The van der Waals surface area contributed by atoms with Crippen LogP contribution in [0.25, 0.3) is 0 Å². The summed E-state index contributed by atoms with van der Waals surface area (Å²) >= 11 is 0. The first-order valence-electron chi connectivity index (χ1n) is 8.71. The van der Waals surface area contributed by atoms with Gasteiger partial charge in [0.2, 0.25) is 0 Å². The molecule has 2 aromatic carbocycles. The Bertz CT molecular complexity index is 778. The zero-order chi connectivity index (χ0) is 19.6. The van der Waals surface area contributed by atoms with Gasteiger partial charge >= 0.3 is 5.97 Å². The molecule has 0 radical (unpaired) electrons. The molecule has 0 aliphatic heterocycles. The van der Waals surface area contributed by atoms with Gasteiger partial charge in [0.1, 0.15) is 5.75 Å². The predicted molar refractivity (Wildman–Crippen MR) is 99.7 cm³/mol. The molecule has 2 rings (SSSR count). The lowest BCUT2D eigenvalue weighted by Crippen LogP contribution is -2.35. The average Bonchev–Trinajstić information content (AvgIpc) is 2.66. The second-order valence-corrected chi connectivity index (χ2v) is 6.18. The van der Waals surface area contributed by atoms with Crippen LogP contribution in [-0.2, 0) is 17.9 Å². The summed E-state index contributed by atoms with van der Waals surface area (Å²) in [5.74, 6) is -0.783. The standard InChI is InChI=1S/C20H24N2O5/c1-2-9-27-18-8-4-6-16(11-18)13-22(14-19(23)21-26)12-15-5-3-7-17(10-15)20(24)25/h3-8,10-11,26H,2,9,12-14H2,1H3,(H,21,23)(H,24,25). The van der Waals surface area contributed by atoms with Gasteiger partial charge in [-0.25, -0.2) is 10.3 Å². The van der Waals surface area contributed by atoms with Gasteiger partial charge in [0.05, 0.1) is 18.7 Å². The van der Waals surface area contributed by atoms with Gasteiger partial charge < -0.3 is 9.84 Å². The van der Waals surface area contributed by atoms with E-state index >= 15 is 0 Å². The number of carbonyl (C=O) groups is 2. The van der Waals surface area contributed by atoms with Crippen molar-refractivity contribution in [1.29, 1.82) is 0 Å². The minimum atomic E-state index is -1.00. The fourth-order valence-corrected chi connectivity index (χ4v) is 2.68. The Morgan fingerprint density at radius 3 is 2.37 bits per heavy atom. The van der Waals surface area contributed by atoms with E-state index in [0.717, 1.165) is 23.3 Å². The van der Waals surface area contributed by atoms with Crippen molar-refractivity contribution < 1.29 is 24.6 Å². The van der Waals surface area contributed by atoms with Gasteiger partial charge in [-0.05, 0) is 41.8 Å². The SMILES string of the molecule is CCCOc1cccc(CN(CC(=O)NO)Cc2cccc(C(=O)O)c2)c1. The van der Waals surface area contributed by atoms with E-state index in [-0.39, 0.29) is 12.1 Å². The third kappa shape index (κ3) is 6.73. The number of rotatable bonds is 10. The van der Waals surface area contributed by atoms with Gasteiger partial charge in [-0.2, -0.15) is 0 Å². The third-order valence-electron chi connectivity index (χ3n) is 3.85. The maximum atomic E-state index is 11.7. The van der Waals surface area contributed by atoms with Crippen LogP contribution in [0.5, 0.6) is 5.75 Å². The molecule has 3 N–H and O–H groups in total. The van der Waals surface area contributed by atoms with E-state index in [9.17, 15) is 9.59 Å². The number of carboxylic acids is 1. The van der Waals surface area contributed by atoms with Gasteiger partial charge in [-0.15, -0.1) is 0 Å². The molecule has 144 valence electrons. The normalized spacial score (nSPS) is 10.6. The molecule has 0 saturated carbocycles. The summed E-state index contributed by atoms with van der Waals surface area (Å²) in [6.45, 7) is 3.42. The van der Waals surface area contributed by atoms with Crippen molar-refractivity contribution in [3.05, 3.63) is 65.2 Å². The van der Waals surface area contributed by atoms with Crippen LogP contribution in [-0.4, -0.2) is 40.2 Å². The summed E-state index contributed by atoms with van der Waals surface area (Å²) in [4.78, 5) is 24.6. The van der Waals surface area contributed by atoms with Crippen molar-refractivity contribution in [2.45, 2.75) is 26.4 Å². The number of carboxylic acid groups (broad SMARTS) is 1. The number of carbonyl (C=O) groups excluding carboxylic acids is 1. The molecule has 7 heteroatoms. The van der Waals surface area contributed by atoms with E-state index in [0.29, 0.717) is 19.7 Å². The quantitative estimate of drug-likeness (QED) is 0.438. The first kappa shape index (κ1) is 20.4. The minimum absolute atomic E-state index is 0.0339. The highest BCUT2D eigenvalue weighted by Crippen LogP contribution is 2.17. The average molecular weight is 372 g/mol. The first-order chi connectivity index (χ1) is 13.0. The fraction of sp³-hybridized carbons (Fsp3) is 0.300. The predicted octanol–water partition coefficient (Wildman–Crippen LogP) is 2.68. The monoisotopic (exact) mass is 372 g/mol. The van der Waals surface area contributed by atoms with E-state index in [2.05, 4.69) is 0 Å². The Kier molecular flexibility index (Phi) is 7.79. The highest BCUT2D eigenvalue weighted by Gasteiger charge is 2.13. The summed E-state index contributed by atoms with van der Waals surface area (Å²) in [5.41, 5.74) is 3.54. The second-order valence-electron chi connectivity index (χ2n) is 6.18. The van der Waals surface area contributed by atoms with Gasteiger partial charge in [-0.3, -0.25) is 14.9 Å². The van der Waals surface area contributed by atoms with E-state index in [4.69, 9.17) is 15.1 Å². The van der Waals surface area contributed by atoms with E-state index in [1.807, 2.05) is 36.1 Å². The number of hydrogen-bond donors (Lipinski definition) is 3. The maximum Gasteiger partial charge on any atom is 0.335 e. The molecule has 0 aliphatic carbocycles. The maximum absolute atomic E-state index is 11.7. The highest BCUT2D eigenvalue weighted by atomic mass is 16.5. The van der Waals surface area contributed by atoms with Crippen LogP contribution in [0.15, 0.2) is 48.5 Å². The Morgan fingerprint density at radius 2 is 1.74 bits per heavy atom. The van der Waals surface area contributed by atoms with Crippen LogP contribution in [0.4, 0.5) is 0 Å². The molecule has 0 unspecified atom stereocenters. The van der Waals surface area contributed by atoms with Crippen LogP contribution in [0.3, 0.4) is 0 Å². The molecule has 2 aromatic rings. The number of amides is 1. The number of benzene rings is 2. The van der Waals surface area contributed by atoms with Crippen molar-refractivity contribution in [2.24, 2.45) is 0 Å². The summed E-state index contributed by atoms with van der Waals surface area (Å²) in [6.07, 6.45) is 0.910. The van der Waals surface area contributed by atoms with Crippen LogP contribution >= 0.6 is 0 Å². The van der Waals surface area contributed by atoms with E-state index in [1.165, 1.54) is 6.07 Å². The molecular weight excluding hydrogens is 348 g/mol. The number of hydroxylamine groups is 1. The lowest BCUT2D eigenvalue weighted by atomic mass is 10.1. The molecule has 27 heavy (non-hydrogen) atoms. The zero-order valence-corrected chi connectivity index (χ0v) is 15.2. The van der Waals surface area contributed by atoms with Crippen LogP contribution < -0.4 is 10.2 Å². The molecule has 0 heterocycles. The Balaban J connectivity index is 2.15. The molecule has 0 spiro atoms. The summed E-state index contributed by atoms with van der Waals surface area (Å²) < 4.78 is 5.64. The van der Waals surface area contributed by atoms with Crippen LogP contribution in [0.2, 0.25) is 0 Å². The lowest BCUT2D eigenvalue weighted by Gasteiger charge is -2.22. The molecule has 0 atom stereocenters. The molecule has 7 nitrogen and oxygen atoms in total. The topological polar surface area (TPSA) is 99.1 Å². The van der Waals surface area contributed by atoms with Gasteiger partial charge in [0.25, 0.3) is 5.91 Å². The van der Waals surface area contributed by atoms with Gasteiger partial charge in [0.15, 0.2) is 0 Å². The summed E-state index contributed by atoms with van der Waals surface area (Å²) in [7, 11) is 0. The molecule has 0 bridgehead atoms.